The van der Waals surface area contributed by atoms with Gasteiger partial charge in [-0.3, -0.25) is 29.8 Å². The first-order valence-corrected chi connectivity index (χ1v) is 17.6. The van der Waals surface area contributed by atoms with Crippen molar-refractivity contribution in [2.45, 2.75) is 57.6 Å². The minimum Gasteiger partial charge on any atom is -0.490 e. The zero-order valence-corrected chi connectivity index (χ0v) is 29.3. The summed E-state index contributed by atoms with van der Waals surface area (Å²) in [6.45, 7) is 6.08. The van der Waals surface area contributed by atoms with E-state index in [2.05, 4.69) is 64.3 Å². The first-order valence-electron chi connectivity index (χ1n) is 17.6. The van der Waals surface area contributed by atoms with Gasteiger partial charge < -0.3 is 19.2 Å². The molecule has 3 N–H and O–H groups in total. The Morgan fingerprint density at radius 3 is 2.06 bits per heavy atom. The number of rotatable bonds is 10. The van der Waals surface area contributed by atoms with E-state index >= 15 is 0 Å². The molecule has 0 bridgehead atoms. The average molecular weight is 712 g/mol. The van der Waals surface area contributed by atoms with Gasteiger partial charge in [0, 0.05) is 54.3 Å². The van der Waals surface area contributed by atoms with Crippen molar-refractivity contribution in [2.24, 2.45) is 11.8 Å². The number of fused-ring (bicyclic) bond motifs is 1. The van der Waals surface area contributed by atoms with Gasteiger partial charge in [0.25, 0.3) is 11.8 Å². The molecule has 12 nitrogen and oxygen atoms in total. The third-order valence-corrected chi connectivity index (χ3v) is 10.5. The molecule has 2 fully saturated rings. The van der Waals surface area contributed by atoms with Gasteiger partial charge in [-0.25, -0.2) is 0 Å². The maximum absolute atomic E-state index is 13.0. The lowest BCUT2D eigenvalue weighted by atomic mass is 9.66. The Bertz CT molecular complexity index is 2230. The van der Waals surface area contributed by atoms with E-state index in [4.69, 9.17) is 13.9 Å². The number of amides is 4. The molecule has 4 amide bonds. The molecule has 53 heavy (non-hydrogen) atoms. The molecule has 0 radical (unpaired) electrons. The minimum absolute atomic E-state index is 0.146. The summed E-state index contributed by atoms with van der Waals surface area (Å²) in [5.41, 5.74) is 4.03. The van der Waals surface area contributed by atoms with Crippen LogP contribution in [0.3, 0.4) is 0 Å². The van der Waals surface area contributed by atoms with Gasteiger partial charge >= 0.3 is 0 Å². The second kappa shape index (κ2) is 13.4. The number of imide groups is 2. The standard InChI is InChI=1S/C41H37N5O7/c1-22-45-46-40(51-22)23-4-11-27(12-5-23)52-28-13-6-24(7-14-28)41(2,3)25-8-15-29(16-9-25)53-34-21-33(36(34)31-18-19-35(47)43-38(31)49)42-26-10-17-30-32(20-26)39(50)44-37(30)48/h4-17,20,31,33-34,36,42H,18-19,21H2,1-3H3,(H,43,47,49)(H,44,48,50)/t31-,33-,34-,36-/m1/s1. The van der Waals surface area contributed by atoms with Crippen LogP contribution < -0.4 is 25.4 Å². The molecule has 268 valence electrons. The number of aryl methyl sites for hydroxylation is 1. The van der Waals surface area contributed by atoms with Crippen LogP contribution in [0.2, 0.25) is 0 Å². The second-order valence-electron chi connectivity index (χ2n) is 14.2. The highest BCUT2D eigenvalue weighted by Crippen LogP contribution is 2.43. The number of carbonyl (C=O) groups is 4. The number of nitrogens with one attached hydrogen (secondary N) is 3. The number of nitrogens with zero attached hydrogens (tertiary/aromatic N) is 2. The molecule has 0 spiro atoms. The fraction of sp³-hybridized carbons (Fsp3) is 0.268. The van der Waals surface area contributed by atoms with Crippen molar-refractivity contribution in [3.8, 4) is 28.7 Å². The fourth-order valence-corrected chi connectivity index (χ4v) is 7.44. The van der Waals surface area contributed by atoms with Crippen LogP contribution in [-0.2, 0) is 15.0 Å². The first-order chi connectivity index (χ1) is 25.5. The Labute approximate surface area is 305 Å². The normalized spacial score (nSPS) is 21.0. The number of carbonyl (C=O) groups excluding carboxylic acids is 4. The Kier molecular flexibility index (Phi) is 8.52. The van der Waals surface area contributed by atoms with Crippen molar-refractivity contribution in [3.05, 3.63) is 119 Å². The molecule has 8 rings (SSSR count). The molecule has 1 saturated heterocycles. The zero-order valence-electron chi connectivity index (χ0n) is 29.3. The smallest absolute Gasteiger partial charge is 0.259 e. The molecule has 4 aromatic carbocycles. The molecule has 0 unspecified atom stereocenters. The molecule has 3 aliphatic rings. The van der Waals surface area contributed by atoms with Crippen LogP contribution in [0.25, 0.3) is 11.5 Å². The number of hydrogen-bond donors (Lipinski definition) is 3. The SMILES string of the molecule is Cc1nnc(-c2ccc(Oc3ccc(C(C)(C)c4ccc(O[C@@H]5C[C@@H](Nc6ccc7c(c6)C(=O)NC7=O)[C@H]5[C@H]5CCC(=O)NC5=O)cc4)cc3)cc2)o1. The van der Waals surface area contributed by atoms with Crippen molar-refractivity contribution >= 4 is 29.3 Å². The number of anilines is 1. The molecule has 1 aromatic heterocycles. The predicted octanol–water partition coefficient (Wildman–Crippen LogP) is 6.35. The summed E-state index contributed by atoms with van der Waals surface area (Å²) in [5.74, 6) is 0.996. The Morgan fingerprint density at radius 2 is 1.42 bits per heavy atom. The van der Waals surface area contributed by atoms with Crippen LogP contribution in [0.5, 0.6) is 17.2 Å². The van der Waals surface area contributed by atoms with Gasteiger partial charge in [-0.1, -0.05) is 38.1 Å². The van der Waals surface area contributed by atoms with Crippen molar-refractivity contribution in [1.29, 1.82) is 0 Å². The third-order valence-electron chi connectivity index (χ3n) is 10.5. The maximum atomic E-state index is 13.0. The summed E-state index contributed by atoms with van der Waals surface area (Å²) < 4.78 is 18.1. The van der Waals surface area contributed by atoms with E-state index in [0.29, 0.717) is 58.7 Å². The van der Waals surface area contributed by atoms with E-state index in [1.54, 1.807) is 25.1 Å². The molecule has 2 aliphatic heterocycles. The van der Waals surface area contributed by atoms with Crippen LogP contribution in [0.1, 0.15) is 70.8 Å². The fourth-order valence-electron chi connectivity index (χ4n) is 7.44. The number of ether oxygens (including phenoxy) is 2. The van der Waals surface area contributed by atoms with Gasteiger partial charge in [0.15, 0.2) is 0 Å². The van der Waals surface area contributed by atoms with E-state index in [9.17, 15) is 19.2 Å². The van der Waals surface area contributed by atoms with E-state index < -0.39 is 17.7 Å². The lowest BCUT2D eigenvalue weighted by Crippen LogP contribution is -2.60. The molecule has 1 saturated carbocycles. The molecule has 3 heterocycles. The second-order valence-corrected chi connectivity index (χ2v) is 14.2. The Morgan fingerprint density at radius 1 is 0.774 bits per heavy atom. The van der Waals surface area contributed by atoms with Crippen LogP contribution in [-0.4, -0.2) is 46.0 Å². The largest absolute Gasteiger partial charge is 0.490 e. The lowest BCUT2D eigenvalue weighted by molar-refractivity contribution is -0.141. The quantitative estimate of drug-likeness (QED) is 0.139. The van der Waals surface area contributed by atoms with Gasteiger partial charge in [-0.15, -0.1) is 10.2 Å². The molecular formula is C41H37N5O7. The highest BCUT2D eigenvalue weighted by Gasteiger charge is 2.51. The lowest BCUT2D eigenvalue weighted by Gasteiger charge is -2.49. The minimum atomic E-state index is -0.432. The van der Waals surface area contributed by atoms with E-state index in [1.807, 2.05) is 48.5 Å². The predicted molar refractivity (Wildman–Crippen MR) is 194 cm³/mol. The summed E-state index contributed by atoms with van der Waals surface area (Å²) in [7, 11) is 0. The van der Waals surface area contributed by atoms with Crippen LogP contribution in [0, 0.1) is 18.8 Å². The average Bonchev–Trinajstić information content (AvgIpc) is 3.70. The van der Waals surface area contributed by atoms with Gasteiger partial charge in [-0.2, -0.15) is 0 Å². The van der Waals surface area contributed by atoms with Gasteiger partial charge in [-0.05, 0) is 84.3 Å². The highest BCUT2D eigenvalue weighted by atomic mass is 16.5. The zero-order chi connectivity index (χ0) is 36.9. The van der Waals surface area contributed by atoms with Crippen molar-refractivity contribution < 1.29 is 33.1 Å². The molecule has 12 heteroatoms. The third kappa shape index (κ3) is 6.63. The van der Waals surface area contributed by atoms with E-state index in [1.165, 1.54) is 0 Å². The summed E-state index contributed by atoms with van der Waals surface area (Å²) in [4.78, 5) is 49.2. The monoisotopic (exact) mass is 711 g/mol. The number of piperidine rings is 1. The number of aromatic nitrogens is 2. The summed E-state index contributed by atoms with van der Waals surface area (Å²) in [6, 6.07) is 28.4. The van der Waals surface area contributed by atoms with Crippen LogP contribution >= 0.6 is 0 Å². The topological polar surface area (TPSA) is 162 Å². The van der Waals surface area contributed by atoms with Crippen LogP contribution in [0.15, 0.2) is 95.4 Å². The summed E-state index contributed by atoms with van der Waals surface area (Å²) in [6.07, 6.45) is 1.02. The Hall–Kier alpha value is -6.30. The van der Waals surface area contributed by atoms with Gasteiger partial charge in [0.05, 0.1) is 11.1 Å². The van der Waals surface area contributed by atoms with Crippen molar-refractivity contribution in [3.63, 3.8) is 0 Å². The molecular weight excluding hydrogens is 674 g/mol. The molecule has 1 aliphatic carbocycles. The first kappa shape index (κ1) is 33.8. The number of hydrogen-bond acceptors (Lipinski definition) is 10. The van der Waals surface area contributed by atoms with Gasteiger partial charge in [0.2, 0.25) is 23.6 Å². The van der Waals surface area contributed by atoms with Crippen molar-refractivity contribution in [2.75, 3.05) is 5.32 Å². The molecule has 5 aromatic rings. The highest BCUT2D eigenvalue weighted by molar-refractivity contribution is 6.21. The van der Waals surface area contributed by atoms with E-state index in [-0.39, 0.29) is 41.7 Å². The van der Waals surface area contributed by atoms with Gasteiger partial charge in [0.1, 0.15) is 23.4 Å². The van der Waals surface area contributed by atoms with Crippen molar-refractivity contribution in [1.82, 2.24) is 20.8 Å². The molecule has 4 atom stereocenters. The summed E-state index contributed by atoms with van der Waals surface area (Å²) >= 11 is 0. The maximum Gasteiger partial charge on any atom is 0.259 e. The summed E-state index contributed by atoms with van der Waals surface area (Å²) in [5, 5.41) is 16.2. The van der Waals surface area contributed by atoms with E-state index in [0.717, 1.165) is 16.7 Å². The number of benzene rings is 4. The van der Waals surface area contributed by atoms with Crippen LogP contribution in [0.4, 0.5) is 5.69 Å². The Balaban J connectivity index is 0.930.